The molecule has 4 heteroatoms. The Morgan fingerprint density at radius 3 is 3.00 bits per heavy atom. The Labute approximate surface area is 82.5 Å². The van der Waals surface area contributed by atoms with E-state index in [1.165, 1.54) is 0 Å². The number of fused-ring (bicyclic) bond motifs is 1. The number of methoxy groups -OCH3 is 1. The molecule has 0 aliphatic carbocycles. The van der Waals surface area contributed by atoms with E-state index in [9.17, 15) is 0 Å². The van der Waals surface area contributed by atoms with Crippen LogP contribution >= 0.6 is 0 Å². The third-order valence-corrected chi connectivity index (χ3v) is 2.12. The minimum atomic E-state index is 0.663. The third-order valence-electron chi connectivity index (χ3n) is 2.12. The highest BCUT2D eigenvalue weighted by Gasteiger charge is 2.03. The average Bonchev–Trinajstić information content (AvgIpc) is 2.59. The highest BCUT2D eigenvalue weighted by molar-refractivity contribution is 5.38. The number of aromatic nitrogens is 3. The summed E-state index contributed by atoms with van der Waals surface area (Å²) in [6.07, 6.45) is 0.762. The van der Waals surface area contributed by atoms with Gasteiger partial charge in [-0.3, -0.25) is 0 Å². The van der Waals surface area contributed by atoms with Gasteiger partial charge in [0.1, 0.15) is 0 Å². The van der Waals surface area contributed by atoms with E-state index in [1.54, 1.807) is 7.11 Å². The first-order valence-corrected chi connectivity index (χ1v) is 4.61. The summed E-state index contributed by atoms with van der Waals surface area (Å²) in [5.74, 6) is 0.834. The van der Waals surface area contributed by atoms with Gasteiger partial charge in [0.05, 0.1) is 6.61 Å². The van der Waals surface area contributed by atoms with Crippen molar-refractivity contribution in [3.8, 4) is 0 Å². The van der Waals surface area contributed by atoms with Gasteiger partial charge in [0.15, 0.2) is 11.5 Å². The van der Waals surface area contributed by atoms with Crippen LogP contribution in [0.5, 0.6) is 0 Å². The van der Waals surface area contributed by atoms with Gasteiger partial charge in [-0.05, 0) is 19.1 Å². The molecule has 0 saturated heterocycles. The maximum atomic E-state index is 4.98. The Morgan fingerprint density at radius 2 is 2.29 bits per heavy atom. The zero-order valence-electron chi connectivity index (χ0n) is 8.40. The molecule has 2 heterocycles. The summed E-state index contributed by atoms with van der Waals surface area (Å²) in [4.78, 5) is 4.38. The second-order valence-corrected chi connectivity index (χ2v) is 3.21. The van der Waals surface area contributed by atoms with Crippen molar-refractivity contribution in [2.24, 2.45) is 0 Å². The zero-order valence-corrected chi connectivity index (χ0v) is 8.40. The Hall–Kier alpha value is -1.42. The van der Waals surface area contributed by atoms with Crippen LogP contribution in [-0.4, -0.2) is 28.3 Å². The lowest BCUT2D eigenvalue weighted by atomic mass is 10.4. The van der Waals surface area contributed by atoms with Crippen LogP contribution in [-0.2, 0) is 11.2 Å². The summed E-state index contributed by atoms with van der Waals surface area (Å²) in [7, 11) is 1.68. The maximum absolute atomic E-state index is 4.98. The number of aryl methyl sites for hydroxylation is 1. The highest BCUT2D eigenvalue weighted by Crippen LogP contribution is 2.05. The van der Waals surface area contributed by atoms with Crippen molar-refractivity contribution < 1.29 is 4.74 Å². The quantitative estimate of drug-likeness (QED) is 0.732. The molecule has 0 aromatic carbocycles. The predicted molar refractivity (Wildman–Crippen MR) is 53.3 cm³/mol. The average molecular weight is 191 g/mol. The van der Waals surface area contributed by atoms with E-state index in [-0.39, 0.29) is 0 Å². The van der Waals surface area contributed by atoms with E-state index >= 15 is 0 Å². The first-order valence-electron chi connectivity index (χ1n) is 4.61. The van der Waals surface area contributed by atoms with Gasteiger partial charge in [-0.15, -0.1) is 0 Å². The number of rotatable bonds is 3. The normalized spacial score (nSPS) is 11.0. The third kappa shape index (κ3) is 1.61. The molecule has 0 bridgehead atoms. The van der Waals surface area contributed by atoms with Gasteiger partial charge < -0.3 is 4.74 Å². The molecule has 0 spiro atoms. The van der Waals surface area contributed by atoms with Gasteiger partial charge in [-0.25, -0.2) is 9.50 Å². The number of ether oxygens (including phenoxy) is 1. The Balaban J connectivity index is 2.36. The monoisotopic (exact) mass is 191 g/mol. The van der Waals surface area contributed by atoms with Crippen molar-refractivity contribution in [3.05, 3.63) is 29.7 Å². The number of hydrogen-bond acceptors (Lipinski definition) is 3. The molecular formula is C10H13N3O. The van der Waals surface area contributed by atoms with Crippen molar-refractivity contribution in [1.29, 1.82) is 0 Å². The maximum Gasteiger partial charge on any atom is 0.155 e. The SMILES string of the molecule is COCCc1nc2cccc(C)n2n1. The minimum Gasteiger partial charge on any atom is -0.384 e. The molecule has 0 saturated carbocycles. The highest BCUT2D eigenvalue weighted by atomic mass is 16.5. The van der Waals surface area contributed by atoms with Crippen LogP contribution in [0.25, 0.3) is 5.65 Å². The van der Waals surface area contributed by atoms with Crippen LogP contribution < -0.4 is 0 Å². The molecule has 0 amide bonds. The summed E-state index contributed by atoms with van der Waals surface area (Å²) in [5, 5.41) is 4.38. The first-order chi connectivity index (χ1) is 6.81. The molecule has 0 unspecified atom stereocenters. The van der Waals surface area contributed by atoms with Gasteiger partial charge >= 0.3 is 0 Å². The first kappa shape index (κ1) is 9.15. The van der Waals surface area contributed by atoms with E-state index in [1.807, 2.05) is 29.6 Å². The minimum absolute atomic E-state index is 0.663. The van der Waals surface area contributed by atoms with Crippen LogP contribution in [0, 0.1) is 6.92 Å². The number of hydrogen-bond donors (Lipinski definition) is 0. The molecular weight excluding hydrogens is 178 g/mol. The van der Waals surface area contributed by atoms with Crippen molar-refractivity contribution in [3.63, 3.8) is 0 Å². The van der Waals surface area contributed by atoms with Gasteiger partial charge in [0, 0.05) is 19.2 Å². The van der Waals surface area contributed by atoms with E-state index in [4.69, 9.17) is 4.74 Å². The summed E-state index contributed by atoms with van der Waals surface area (Å²) in [5.41, 5.74) is 2.00. The van der Waals surface area contributed by atoms with Crippen molar-refractivity contribution in [2.45, 2.75) is 13.3 Å². The second kappa shape index (κ2) is 3.75. The molecule has 4 nitrogen and oxygen atoms in total. The van der Waals surface area contributed by atoms with Crippen molar-refractivity contribution >= 4 is 5.65 Å². The summed E-state index contributed by atoms with van der Waals surface area (Å²) in [6, 6.07) is 5.96. The summed E-state index contributed by atoms with van der Waals surface area (Å²) >= 11 is 0. The molecule has 0 N–H and O–H groups in total. The molecule has 0 fully saturated rings. The Kier molecular flexibility index (Phi) is 2.45. The molecule has 2 aromatic rings. The molecule has 0 aliphatic rings. The van der Waals surface area contributed by atoms with E-state index in [0.29, 0.717) is 6.61 Å². The lowest BCUT2D eigenvalue weighted by Crippen LogP contribution is -1.97. The summed E-state index contributed by atoms with van der Waals surface area (Å²) in [6.45, 7) is 2.68. The Morgan fingerprint density at radius 1 is 1.43 bits per heavy atom. The fourth-order valence-corrected chi connectivity index (χ4v) is 1.38. The van der Waals surface area contributed by atoms with E-state index in [0.717, 1.165) is 23.6 Å². The van der Waals surface area contributed by atoms with Crippen LogP contribution in [0.3, 0.4) is 0 Å². The van der Waals surface area contributed by atoms with Crippen LogP contribution in [0.2, 0.25) is 0 Å². The lowest BCUT2D eigenvalue weighted by Gasteiger charge is -1.94. The topological polar surface area (TPSA) is 39.4 Å². The van der Waals surface area contributed by atoms with E-state index < -0.39 is 0 Å². The van der Waals surface area contributed by atoms with Crippen molar-refractivity contribution in [1.82, 2.24) is 14.6 Å². The van der Waals surface area contributed by atoms with Crippen LogP contribution in [0.4, 0.5) is 0 Å². The largest absolute Gasteiger partial charge is 0.384 e. The van der Waals surface area contributed by atoms with Crippen LogP contribution in [0.1, 0.15) is 11.5 Å². The predicted octanol–water partition coefficient (Wildman–Crippen LogP) is 1.23. The second-order valence-electron chi connectivity index (χ2n) is 3.21. The molecule has 2 rings (SSSR count). The van der Waals surface area contributed by atoms with Gasteiger partial charge in [-0.2, -0.15) is 5.10 Å². The van der Waals surface area contributed by atoms with Gasteiger partial charge in [0.25, 0.3) is 0 Å². The standard InChI is InChI=1S/C10H13N3O/c1-8-4-3-5-10-11-9(6-7-14-2)12-13(8)10/h3-5H,6-7H2,1-2H3. The number of pyridine rings is 1. The molecule has 74 valence electrons. The molecule has 0 radical (unpaired) electrons. The van der Waals surface area contributed by atoms with Crippen molar-refractivity contribution in [2.75, 3.05) is 13.7 Å². The molecule has 0 aliphatic heterocycles. The van der Waals surface area contributed by atoms with E-state index in [2.05, 4.69) is 10.1 Å². The van der Waals surface area contributed by atoms with Gasteiger partial charge in [0.2, 0.25) is 0 Å². The fourth-order valence-electron chi connectivity index (χ4n) is 1.38. The van der Waals surface area contributed by atoms with Crippen LogP contribution in [0.15, 0.2) is 18.2 Å². The molecule has 2 aromatic heterocycles. The summed E-state index contributed by atoms with van der Waals surface area (Å²) < 4.78 is 6.83. The fraction of sp³-hybridized carbons (Fsp3) is 0.400. The zero-order chi connectivity index (χ0) is 9.97. The van der Waals surface area contributed by atoms with Gasteiger partial charge in [-0.1, -0.05) is 6.07 Å². The Bertz CT molecular complexity index is 436. The number of nitrogens with zero attached hydrogens (tertiary/aromatic N) is 3. The molecule has 14 heavy (non-hydrogen) atoms. The smallest absolute Gasteiger partial charge is 0.155 e. The lowest BCUT2D eigenvalue weighted by molar-refractivity contribution is 0.200. The molecule has 0 atom stereocenters.